The Morgan fingerprint density at radius 1 is 1.08 bits per heavy atom. The molecule has 0 atom stereocenters. The van der Waals surface area contributed by atoms with Crippen LogP contribution < -0.4 is 15.0 Å². The fraction of sp³-hybridized carbons (Fsp3) is 0.158. The lowest BCUT2D eigenvalue weighted by Gasteiger charge is -2.09. The molecule has 3 aromatic rings. The lowest BCUT2D eigenvalue weighted by molar-refractivity contribution is 0.303. The largest absolute Gasteiger partial charge is 0.494 e. The molecular weight excluding hydrogens is 320 g/mol. The summed E-state index contributed by atoms with van der Waals surface area (Å²) in [5, 5.41) is 11.2. The van der Waals surface area contributed by atoms with E-state index in [-0.39, 0.29) is 11.4 Å². The van der Waals surface area contributed by atoms with E-state index in [2.05, 4.69) is 9.98 Å². The van der Waals surface area contributed by atoms with Crippen molar-refractivity contribution in [1.29, 1.82) is 0 Å². The minimum absolute atomic E-state index is 0.196. The maximum absolute atomic E-state index is 11.9. The van der Waals surface area contributed by atoms with Crippen LogP contribution in [0.2, 0.25) is 0 Å². The smallest absolute Gasteiger partial charge is 0.258 e. The number of hydrogen-bond donors (Lipinski definition) is 2. The van der Waals surface area contributed by atoms with Crippen LogP contribution in [0.4, 0.5) is 0 Å². The van der Waals surface area contributed by atoms with Gasteiger partial charge in [-0.05, 0) is 18.2 Å². The number of nitrogens with one attached hydrogen (secondary N) is 1. The number of rotatable bonds is 6. The first-order valence-electron chi connectivity index (χ1n) is 7.80. The van der Waals surface area contributed by atoms with E-state index in [4.69, 9.17) is 9.47 Å². The summed E-state index contributed by atoms with van der Waals surface area (Å²) in [5.41, 5.74) is 0.150. The second-order valence-electron chi connectivity index (χ2n) is 5.30. The van der Waals surface area contributed by atoms with E-state index in [1.54, 1.807) is 31.5 Å². The third-order valence-corrected chi connectivity index (χ3v) is 3.72. The van der Waals surface area contributed by atoms with Crippen LogP contribution in [0.5, 0.6) is 17.4 Å². The molecular formula is C19H18N2O4. The van der Waals surface area contributed by atoms with Gasteiger partial charge in [-0.1, -0.05) is 30.3 Å². The lowest BCUT2D eigenvalue weighted by Crippen LogP contribution is -2.08. The van der Waals surface area contributed by atoms with Gasteiger partial charge in [0.15, 0.2) is 11.5 Å². The average molecular weight is 338 g/mol. The monoisotopic (exact) mass is 338 g/mol. The molecule has 0 bridgehead atoms. The Morgan fingerprint density at radius 3 is 2.52 bits per heavy atom. The first-order valence-corrected chi connectivity index (χ1v) is 7.80. The zero-order chi connectivity index (χ0) is 17.6. The van der Waals surface area contributed by atoms with Crippen LogP contribution in [0.1, 0.15) is 5.56 Å². The summed E-state index contributed by atoms with van der Waals surface area (Å²) < 4.78 is 10.9. The van der Waals surface area contributed by atoms with Crippen molar-refractivity contribution < 1.29 is 14.6 Å². The van der Waals surface area contributed by atoms with E-state index in [1.165, 1.54) is 0 Å². The Bertz CT molecular complexity index is 963. The van der Waals surface area contributed by atoms with Crippen LogP contribution in [-0.2, 0) is 0 Å². The Balaban J connectivity index is 1.71. The molecule has 0 aliphatic rings. The summed E-state index contributed by atoms with van der Waals surface area (Å²) in [7, 11) is 1.59. The maximum atomic E-state index is 11.9. The fourth-order valence-corrected chi connectivity index (χ4v) is 2.52. The number of pyridine rings is 1. The number of aromatic nitrogens is 1. The van der Waals surface area contributed by atoms with Crippen molar-refractivity contribution in [2.45, 2.75) is 0 Å². The zero-order valence-corrected chi connectivity index (χ0v) is 13.7. The van der Waals surface area contributed by atoms with E-state index in [0.29, 0.717) is 41.0 Å². The van der Waals surface area contributed by atoms with Crippen molar-refractivity contribution >= 4 is 17.0 Å². The minimum Gasteiger partial charge on any atom is -0.494 e. The number of fused-ring (bicyclic) bond motifs is 1. The van der Waals surface area contributed by atoms with Crippen molar-refractivity contribution in [2.75, 3.05) is 20.3 Å². The molecule has 0 fully saturated rings. The number of methoxy groups -OCH3 is 1. The molecule has 25 heavy (non-hydrogen) atoms. The highest BCUT2D eigenvalue weighted by Crippen LogP contribution is 2.25. The molecule has 1 aromatic heterocycles. The fourth-order valence-electron chi connectivity index (χ4n) is 2.52. The standard InChI is InChI=1S/C19H18N2O4/c1-24-16-8-4-5-9-17(16)25-11-10-20-12-15-13-6-2-3-7-14(13)18(22)21-19(15)23/h2-9,12H,10-11H2,1H3,(H2,21,22,23). The quantitative estimate of drug-likeness (QED) is 0.535. The molecule has 128 valence electrons. The van der Waals surface area contributed by atoms with Crippen molar-refractivity contribution in [2.24, 2.45) is 4.99 Å². The predicted octanol–water partition coefficient (Wildman–Crippen LogP) is 2.74. The second kappa shape index (κ2) is 7.53. The Morgan fingerprint density at radius 2 is 1.76 bits per heavy atom. The molecule has 0 aliphatic carbocycles. The molecule has 0 aliphatic heterocycles. The summed E-state index contributed by atoms with van der Waals surface area (Å²) in [6.45, 7) is 0.754. The van der Waals surface area contributed by atoms with Crippen LogP contribution in [0, 0.1) is 0 Å². The SMILES string of the molecule is COc1ccccc1OCCN=Cc1c(O)[nH]c(=O)c2ccccc12. The van der Waals surface area contributed by atoms with Gasteiger partial charge in [-0.3, -0.25) is 14.8 Å². The van der Waals surface area contributed by atoms with E-state index < -0.39 is 0 Å². The van der Waals surface area contributed by atoms with Crippen LogP contribution in [0.25, 0.3) is 10.8 Å². The molecule has 2 N–H and O–H groups in total. The van der Waals surface area contributed by atoms with Crippen LogP contribution in [-0.4, -0.2) is 36.6 Å². The molecule has 6 heteroatoms. The van der Waals surface area contributed by atoms with Gasteiger partial charge in [0, 0.05) is 17.0 Å². The summed E-state index contributed by atoms with van der Waals surface area (Å²) in [6, 6.07) is 14.4. The highest BCUT2D eigenvalue weighted by molar-refractivity contribution is 6.01. The molecule has 0 spiro atoms. The van der Waals surface area contributed by atoms with Crippen molar-refractivity contribution in [1.82, 2.24) is 4.98 Å². The zero-order valence-electron chi connectivity index (χ0n) is 13.7. The lowest BCUT2D eigenvalue weighted by atomic mass is 10.1. The average Bonchev–Trinajstić information content (AvgIpc) is 2.64. The first-order chi connectivity index (χ1) is 12.2. The van der Waals surface area contributed by atoms with Crippen LogP contribution in [0.15, 0.2) is 58.3 Å². The van der Waals surface area contributed by atoms with Crippen LogP contribution >= 0.6 is 0 Å². The Labute approximate surface area is 144 Å². The molecule has 0 saturated heterocycles. The Kier molecular flexibility index (Phi) is 4.99. The van der Waals surface area contributed by atoms with Gasteiger partial charge in [0.25, 0.3) is 5.56 Å². The van der Waals surface area contributed by atoms with Gasteiger partial charge in [0.2, 0.25) is 5.88 Å². The van der Waals surface area contributed by atoms with Gasteiger partial charge in [-0.25, -0.2) is 0 Å². The molecule has 1 heterocycles. The summed E-state index contributed by atoms with van der Waals surface area (Å²) in [5.74, 6) is 1.12. The molecule has 0 saturated carbocycles. The van der Waals surface area contributed by atoms with E-state index in [9.17, 15) is 9.90 Å². The van der Waals surface area contributed by atoms with Gasteiger partial charge in [0.05, 0.1) is 19.2 Å². The molecule has 0 radical (unpaired) electrons. The maximum Gasteiger partial charge on any atom is 0.258 e. The molecule has 3 rings (SSSR count). The number of benzene rings is 2. The third-order valence-electron chi connectivity index (χ3n) is 3.72. The number of aromatic amines is 1. The molecule has 0 amide bonds. The number of nitrogens with zero attached hydrogens (tertiary/aromatic N) is 1. The highest BCUT2D eigenvalue weighted by atomic mass is 16.5. The number of H-pyrrole nitrogens is 1. The predicted molar refractivity (Wildman–Crippen MR) is 97.2 cm³/mol. The normalized spacial score (nSPS) is 11.1. The van der Waals surface area contributed by atoms with E-state index in [1.807, 2.05) is 30.3 Å². The number of ether oxygens (including phenoxy) is 2. The molecule has 0 unspecified atom stereocenters. The Hall–Kier alpha value is -3.28. The van der Waals surface area contributed by atoms with Crippen molar-refractivity contribution in [3.8, 4) is 17.4 Å². The van der Waals surface area contributed by atoms with Gasteiger partial charge in [0.1, 0.15) is 6.61 Å². The minimum atomic E-state index is -0.329. The molecule has 2 aromatic carbocycles. The van der Waals surface area contributed by atoms with Gasteiger partial charge in [-0.2, -0.15) is 0 Å². The van der Waals surface area contributed by atoms with Crippen LogP contribution in [0.3, 0.4) is 0 Å². The van der Waals surface area contributed by atoms with E-state index >= 15 is 0 Å². The number of aliphatic imine (C=N–C) groups is 1. The number of para-hydroxylation sites is 2. The van der Waals surface area contributed by atoms with Gasteiger partial charge in [-0.15, -0.1) is 0 Å². The number of hydrogen-bond acceptors (Lipinski definition) is 5. The second-order valence-corrected chi connectivity index (χ2v) is 5.30. The summed E-state index contributed by atoms with van der Waals surface area (Å²) in [4.78, 5) is 18.6. The summed E-state index contributed by atoms with van der Waals surface area (Å²) >= 11 is 0. The van der Waals surface area contributed by atoms with E-state index in [0.717, 1.165) is 0 Å². The highest BCUT2D eigenvalue weighted by Gasteiger charge is 2.08. The van der Waals surface area contributed by atoms with Crippen molar-refractivity contribution in [3.63, 3.8) is 0 Å². The summed E-state index contributed by atoms with van der Waals surface area (Å²) in [6.07, 6.45) is 1.54. The number of aromatic hydroxyl groups is 1. The third kappa shape index (κ3) is 3.63. The molecule has 6 nitrogen and oxygen atoms in total. The van der Waals surface area contributed by atoms with Gasteiger partial charge >= 0.3 is 0 Å². The van der Waals surface area contributed by atoms with Gasteiger partial charge < -0.3 is 14.6 Å². The first kappa shape index (κ1) is 16.6. The topological polar surface area (TPSA) is 83.9 Å². The van der Waals surface area contributed by atoms with Crippen molar-refractivity contribution in [3.05, 3.63) is 64.4 Å².